The SMILES string of the molecule is COCC(=O)N1CCCC[C@H]1c1ccc(C(F)(F)F)cc1. The molecular formula is C15H18F3NO2. The maximum atomic E-state index is 12.6. The lowest BCUT2D eigenvalue weighted by molar-refractivity contribution is -0.139. The van der Waals surface area contributed by atoms with Gasteiger partial charge in [-0.15, -0.1) is 0 Å². The van der Waals surface area contributed by atoms with Crippen LogP contribution in [0.4, 0.5) is 13.2 Å². The normalized spacial score (nSPS) is 19.6. The Morgan fingerprint density at radius 2 is 1.95 bits per heavy atom. The zero-order chi connectivity index (χ0) is 15.5. The number of rotatable bonds is 3. The van der Waals surface area contributed by atoms with Crippen LogP contribution in [-0.4, -0.2) is 31.1 Å². The van der Waals surface area contributed by atoms with E-state index >= 15 is 0 Å². The quantitative estimate of drug-likeness (QED) is 0.856. The predicted molar refractivity (Wildman–Crippen MR) is 71.6 cm³/mol. The third-order valence-electron chi connectivity index (χ3n) is 3.71. The fraction of sp³-hybridized carbons (Fsp3) is 0.533. The number of nitrogens with zero attached hydrogens (tertiary/aromatic N) is 1. The van der Waals surface area contributed by atoms with E-state index in [2.05, 4.69) is 0 Å². The van der Waals surface area contributed by atoms with Crippen molar-refractivity contribution in [1.29, 1.82) is 0 Å². The van der Waals surface area contributed by atoms with Crippen molar-refractivity contribution in [3.05, 3.63) is 35.4 Å². The van der Waals surface area contributed by atoms with Crippen molar-refractivity contribution in [1.82, 2.24) is 4.90 Å². The van der Waals surface area contributed by atoms with Crippen molar-refractivity contribution >= 4 is 5.91 Å². The standard InChI is InChI=1S/C15H18F3NO2/c1-21-10-14(20)19-9-3-2-4-13(19)11-5-7-12(8-6-11)15(16,17)18/h5-8,13H,2-4,9-10H2,1H3/t13-/m0/s1. The number of piperidine rings is 1. The molecule has 1 heterocycles. The monoisotopic (exact) mass is 301 g/mol. The summed E-state index contributed by atoms with van der Waals surface area (Å²) < 4.78 is 42.6. The van der Waals surface area contributed by atoms with Gasteiger partial charge < -0.3 is 9.64 Å². The van der Waals surface area contributed by atoms with Gasteiger partial charge >= 0.3 is 6.18 Å². The first-order valence-electron chi connectivity index (χ1n) is 6.89. The van der Waals surface area contributed by atoms with Crippen LogP contribution in [0.3, 0.4) is 0 Å². The average Bonchev–Trinajstić information content (AvgIpc) is 2.47. The Morgan fingerprint density at radius 1 is 1.29 bits per heavy atom. The number of hydrogen-bond acceptors (Lipinski definition) is 2. The fourth-order valence-electron chi connectivity index (χ4n) is 2.68. The largest absolute Gasteiger partial charge is 0.416 e. The van der Waals surface area contributed by atoms with Crippen molar-refractivity contribution < 1.29 is 22.7 Å². The number of halogens is 3. The van der Waals surface area contributed by atoms with Gasteiger partial charge in [0.05, 0.1) is 11.6 Å². The molecule has 1 aliphatic heterocycles. The van der Waals surface area contributed by atoms with E-state index in [9.17, 15) is 18.0 Å². The van der Waals surface area contributed by atoms with Crippen LogP contribution in [0.2, 0.25) is 0 Å². The summed E-state index contributed by atoms with van der Waals surface area (Å²) in [5.41, 5.74) is 0.0731. The Morgan fingerprint density at radius 3 is 2.52 bits per heavy atom. The Hall–Kier alpha value is -1.56. The average molecular weight is 301 g/mol. The van der Waals surface area contributed by atoms with Crippen molar-refractivity contribution in [3.63, 3.8) is 0 Å². The van der Waals surface area contributed by atoms with Crippen molar-refractivity contribution in [2.24, 2.45) is 0 Å². The zero-order valence-corrected chi connectivity index (χ0v) is 11.8. The Labute approximate surface area is 121 Å². The second kappa shape index (κ2) is 6.47. The highest BCUT2D eigenvalue weighted by Gasteiger charge is 2.32. The van der Waals surface area contributed by atoms with Gasteiger partial charge in [-0.05, 0) is 37.0 Å². The van der Waals surface area contributed by atoms with Gasteiger partial charge in [-0.25, -0.2) is 0 Å². The minimum atomic E-state index is -4.34. The molecule has 0 aliphatic carbocycles. The summed E-state index contributed by atoms with van der Waals surface area (Å²) in [6.45, 7) is 0.616. The predicted octanol–water partition coefficient (Wildman–Crippen LogP) is 3.41. The van der Waals surface area contributed by atoms with Crippen molar-refractivity contribution in [2.45, 2.75) is 31.5 Å². The second-order valence-electron chi connectivity index (χ2n) is 5.15. The molecule has 1 atom stereocenters. The number of benzene rings is 1. The molecule has 0 unspecified atom stereocenters. The molecule has 0 N–H and O–H groups in total. The van der Waals surface area contributed by atoms with Gasteiger partial charge in [-0.1, -0.05) is 12.1 Å². The number of carbonyl (C=O) groups excluding carboxylic acids is 1. The molecule has 0 radical (unpaired) electrons. The lowest BCUT2D eigenvalue weighted by Crippen LogP contribution is -2.40. The van der Waals surface area contributed by atoms with Crippen LogP contribution < -0.4 is 0 Å². The van der Waals surface area contributed by atoms with Crippen LogP contribution in [0.1, 0.15) is 36.4 Å². The molecule has 1 fully saturated rings. The number of ether oxygens (including phenoxy) is 1. The van der Waals surface area contributed by atoms with Gasteiger partial charge in [0.15, 0.2) is 0 Å². The summed E-state index contributed by atoms with van der Waals surface area (Å²) in [6, 6.07) is 4.91. The summed E-state index contributed by atoms with van der Waals surface area (Å²) in [7, 11) is 1.45. The molecule has 1 aromatic carbocycles. The van der Waals surface area contributed by atoms with E-state index in [0.29, 0.717) is 6.54 Å². The first-order chi connectivity index (χ1) is 9.93. The molecule has 116 valence electrons. The molecular weight excluding hydrogens is 283 g/mol. The minimum absolute atomic E-state index is 0.00284. The molecule has 1 aromatic rings. The molecule has 0 bridgehead atoms. The number of hydrogen-bond donors (Lipinski definition) is 0. The zero-order valence-electron chi connectivity index (χ0n) is 11.8. The Bertz CT molecular complexity index is 485. The lowest BCUT2D eigenvalue weighted by atomic mass is 9.94. The lowest BCUT2D eigenvalue weighted by Gasteiger charge is -2.36. The molecule has 21 heavy (non-hydrogen) atoms. The van der Waals surface area contributed by atoms with E-state index in [1.165, 1.54) is 19.2 Å². The van der Waals surface area contributed by atoms with Gasteiger partial charge in [0.1, 0.15) is 6.61 Å². The molecule has 1 amide bonds. The van der Waals surface area contributed by atoms with Crippen LogP contribution in [0.25, 0.3) is 0 Å². The van der Waals surface area contributed by atoms with E-state index in [1.807, 2.05) is 0 Å². The summed E-state index contributed by atoms with van der Waals surface area (Å²) in [5.74, 6) is -0.123. The van der Waals surface area contributed by atoms with E-state index < -0.39 is 11.7 Å². The molecule has 6 heteroatoms. The molecule has 0 aromatic heterocycles. The molecule has 1 saturated heterocycles. The first kappa shape index (κ1) is 15.8. The maximum Gasteiger partial charge on any atom is 0.416 e. The highest BCUT2D eigenvalue weighted by atomic mass is 19.4. The smallest absolute Gasteiger partial charge is 0.375 e. The minimum Gasteiger partial charge on any atom is -0.375 e. The van der Waals surface area contributed by atoms with Gasteiger partial charge in [0.2, 0.25) is 5.91 Å². The molecule has 0 saturated carbocycles. The Kier molecular flexibility index (Phi) is 4.88. The van der Waals surface area contributed by atoms with Gasteiger partial charge in [0, 0.05) is 13.7 Å². The number of carbonyl (C=O) groups is 1. The van der Waals surface area contributed by atoms with E-state index in [1.54, 1.807) is 4.90 Å². The number of amides is 1. The number of methoxy groups -OCH3 is 1. The molecule has 2 rings (SSSR count). The van der Waals surface area contributed by atoms with E-state index in [4.69, 9.17) is 4.74 Å². The van der Waals surface area contributed by atoms with Gasteiger partial charge in [-0.3, -0.25) is 4.79 Å². The highest BCUT2D eigenvalue weighted by Crippen LogP contribution is 2.34. The fourth-order valence-corrected chi connectivity index (χ4v) is 2.68. The summed E-state index contributed by atoms with van der Waals surface area (Å²) >= 11 is 0. The molecule has 3 nitrogen and oxygen atoms in total. The van der Waals surface area contributed by atoms with E-state index in [0.717, 1.165) is 37.0 Å². The van der Waals surface area contributed by atoms with Crippen molar-refractivity contribution in [2.75, 3.05) is 20.3 Å². The number of likely N-dealkylation sites (tertiary alicyclic amines) is 1. The van der Waals surface area contributed by atoms with Gasteiger partial charge in [0.25, 0.3) is 0 Å². The maximum absolute atomic E-state index is 12.6. The van der Waals surface area contributed by atoms with Gasteiger partial charge in [-0.2, -0.15) is 13.2 Å². The third kappa shape index (κ3) is 3.75. The van der Waals surface area contributed by atoms with Crippen LogP contribution in [0.15, 0.2) is 24.3 Å². The topological polar surface area (TPSA) is 29.5 Å². The summed E-state index contributed by atoms with van der Waals surface area (Å²) in [6.07, 6.45) is -1.70. The summed E-state index contributed by atoms with van der Waals surface area (Å²) in [4.78, 5) is 13.7. The van der Waals surface area contributed by atoms with Crippen LogP contribution in [0, 0.1) is 0 Å². The highest BCUT2D eigenvalue weighted by molar-refractivity contribution is 5.78. The van der Waals surface area contributed by atoms with Crippen LogP contribution in [0.5, 0.6) is 0 Å². The molecule has 0 spiro atoms. The van der Waals surface area contributed by atoms with Crippen LogP contribution in [-0.2, 0) is 15.7 Å². The number of alkyl halides is 3. The molecule has 1 aliphatic rings. The Balaban J connectivity index is 2.19. The third-order valence-corrected chi connectivity index (χ3v) is 3.71. The first-order valence-corrected chi connectivity index (χ1v) is 6.89. The second-order valence-corrected chi connectivity index (χ2v) is 5.15. The van der Waals surface area contributed by atoms with E-state index in [-0.39, 0.29) is 18.6 Å². The van der Waals surface area contributed by atoms with Crippen LogP contribution >= 0.6 is 0 Å². The summed E-state index contributed by atoms with van der Waals surface area (Å²) in [5, 5.41) is 0. The van der Waals surface area contributed by atoms with Crippen molar-refractivity contribution in [3.8, 4) is 0 Å².